The molecule has 0 aromatic heterocycles. The zero-order valence-electron chi connectivity index (χ0n) is 18.2. The molecule has 0 aliphatic heterocycles. The maximum absolute atomic E-state index is 13.5. The third-order valence-corrected chi connectivity index (χ3v) is 6.70. The van der Waals surface area contributed by atoms with Gasteiger partial charge in [0.05, 0.1) is 18.7 Å². The average Bonchev–Trinajstić information content (AvgIpc) is 2.75. The maximum Gasteiger partial charge on any atom is 0.509 e. The minimum Gasteiger partial charge on any atom is -0.509 e. The molecule has 0 spiro atoms. The van der Waals surface area contributed by atoms with E-state index in [1.165, 1.54) is 6.07 Å². The van der Waals surface area contributed by atoms with Crippen LogP contribution in [0.5, 0.6) is 5.75 Å². The van der Waals surface area contributed by atoms with Gasteiger partial charge in [-0.3, -0.25) is 14.5 Å². The first-order chi connectivity index (χ1) is 15.6. The van der Waals surface area contributed by atoms with Crippen molar-refractivity contribution in [2.45, 2.75) is 24.5 Å². The second kappa shape index (κ2) is 7.64. The Hall–Kier alpha value is -3.84. The molecule has 10 heteroatoms. The van der Waals surface area contributed by atoms with Crippen molar-refractivity contribution in [1.82, 2.24) is 4.90 Å². The minimum absolute atomic E-state index is 0.00622. The summed E-state index contributed by atoms with van der Waals surface area (Å²) < 4.78 is 9.95. The number of hydrogen-bond donors (Lipinski definition) is 3. The molecule has 3 N–H and O–H groups in total. The number of ketones is 2. The second-order valence-electron chi connectivity index (χ2n) is 8.55. The molecule has 4 atom stereocenters. The topological polar surface area (TPSA) is 157 Å². The summed E-state index contributed by atoms with van der Waals surface area (Å²) in [5.74, 6) is -5.06. The lowest BCUT2D eigenvalue weighted by atomic mass is 9.58. The van der Waals surface area contributed by atoms with Crippen molar-refractivity contribution in [2.75, 3.05) is 21.2 Å². The number of carbonyl (C=O) groups is 3. The van der Waals surface area contributed by atoms with E-state index in [2.05, 4.69) is 4.74 Å². The number of aromatic hydroxyl groups is 1. The van der Waals surface area contributed by atoms with E-state index >= 15 is 0 Å². The van der Waals surface area contributed by atoms with Gasteiger partial charge in [0, 0.05) is 11.5 Å². The van der Waals surface area contributed by atoms with Crippen molar-refractivity contribution in [1.29, 1.82) is 5.26 Å². The summed E-state index contributed by atoms with van der Waals surface area (Å²) in [5, 5.41) is 42.1. The lowest BCUT2D eigenvalue weighted by molar-refractivity contribution is -0.151. The normalized spacial score (nSPS) is 28.6. The quantitative estimate of drug-likeness (QED) is 0.564. The van der Waals surface area contributed by atoms with Crippen LogP contribution in [-0.2, 0) is 20.7 Å². The fraction of sp³-hybridized carbons (Fsp3) is 0.391. The highest BCUT2D eigenvalue weighted by molar-refractivity contribution is 6.16. The molecule has 0 unspecified atom stereocenters. The van der Waals surface area contributed by atoms with E-state index in [0.717, 1.165) is 7.11 Å². The number of aliphatic hydroxyl groups excluding tert-OH is 2. The number of Topliss-reactive ketones (excluding diaryl/α,β-unsaturated/α-hetero) is 2. The molecule has 0 heterocycles. The zero-order chi connectivity index (χ0) is 24.2. The number of nitriles is 1. The van der Waals surface area contributed by atoms with Crippen LogP contribution in [0.25, 0.3) is 0 Å². The first kappa shape index (κ1) is 22.4. The number of likely N-dealkylation sites (N-methyl/N-ethyl adjacent to an activating group) is 1. The number of fused-ring (bicyclic) bond motifs is 3. The molecule has 1 aromatic carbocycles. The summed E-state index contributed by atoms with van der Waals surface area (Å²) in [5.41, 5.74) is -2.75. The summed E-state index contributed by atoms with van der Waals surface area (Å²) in [7, 11) is 4.22. The number of methoxy groups -OCH3 is 1. The minimum atomic E-state index is -2.46. The van der Waals surface area contributed by atoms with E-state index in [9.17, 15) is 35.0 Å². The molecule has 1 aromatic rings. The molecule has 0 saturated carbocycles. The predicted octanol–water partition coefficient (Wildman–Crippen LogP) is 1.95. The first-order valence-corrected chi connectivity index (χ1v) is 10.2. The molecule has 3 aliphatic rings. The molecule has 0 saturated heterocycles. The molecule has 0 fully saturated rings. The maximum atomic E-state index is 13.5. The number of rotatable bonds is 2. The van der Waals surface area contributed by atoms with Gasteiger partial charge in [-0.25, -0.2) is 4.79 Å². The molecular weight excluding hydrogens is 432 g/mol. The van der Waals surface area contributed by atoms with Crippen molar-refractivity contribution in [3.63, 3.8) is 0 Å². The number of allylic oxidation sites excluding steroid dienone is 1. The van der Waals surface area contributed by atoms with Gasteiger partial charge in [0.15, 0.2) is 11.5 Å². The summed E-state index contributed by atoms with van der Waals surface area (Å²) in [6.45, 7) is 0. The molecule has 0 radical (unpaired) electrons. The predicted molar refractivity (Wildman–Crippen MR) is 111 cm³/mol. The van der Waals surface area contributed by atoms with Crippen LogP contribution in [0.4, 0.5) is 4.79 Å². The smallest absolute Gasteiger partial charge is 0.509 e. The molecular formula is C23H22N2O8. The van der Waals surface area contributed by atoms with Crippen LogP contribution in [0.15, 0.2) is 40.9 Å². The van der Waals surface area contributed by atoms with Crippen molar-refractivity contribution in [2.24, 2.45) is 11.8 Å². The fourth-order valence-electron chi connectivity index (χ4n) is 5.38. The number of ether oxygens (including phenoxy) is 2. The third kappa shape index (κ3) is 2.93. The Labute approximate surface area is 188 Å². The summed E-state index contributed by atoms with van der Waals surface area (Å²) in [6.07, 6.45) is -0.973. The molecule has 172 valence electrons. The van der Waals surface area contributed by atoms with Crippen LogP contribution < -0.4 is 0 Å². The summed E-state index contributed by atoms with van der Waals surface area (Å²) in [4.78, 5) is 40.7. The average molecular weight is 454 g/mol. The SMILES string of the molecule is COC(=O)O[C@@]12C(=O)C(C#N)=C(O)[C@@H](N(C)C)[C@@H]1C[C@@H]1Cc3cccc(O)c3C(=O)C1=C2O. The molecule has 33 heavy (non-hydrogen) atoms. The Morgan fingerprint density at radius 3 is 2.55 bits per heavy atom. The highest BCUT2D eigenvalue weighted by atomic mass is 16.7. The number of aliphatic hydroxyl groups is 2. The fourth-order valence-corrected chi connectivity index (χ4v) is 5.38. The van der Waals surface area contributed by atoms with Gasteiger partial charge in [-0.15, -0.1) is 0 Å². The number of phenolic OH excluding ortho intramolecular Hbond substituents is 1. The van der Waals surface area contributed by atoms with E-state index in [1.807, 2.05) is 0 Å². The Morgan fingerprint density at radius 2 is 1.94 bits per heavy atom. The lowest BCUT2D eigenvalue weighted by Crippen LogP contribution is -2.64. The van der Waals surface area contributed by atoms with Gasteiger partial charge in [0.2, 0.25) is 11.4 Å². The van der Waals surface area contributed by atoms with Crippen molar-refractivity contribution >= 4 is 17.7 Å². The first-order valence-electron chi connectivity index (χ1n) is 10.2. The van der Waals surface area contributed by atoms with Crippen LogP contribution >= 0.6 is 0 Å². The third-order valence-electron chi connectivity index (χ3n) is 6.70. The van der Waals surface area contributed by atoms with E-state index in [1.54, 1.807) is 37.2 Å². The molecule has 4 rings (SSSR count). The Kier molecular flexibility index (Phi) is 5.17. The van der Waals surface area contributed by atoms with E-state index in [4.69, 9.17) is 4.74 Å². The number of nitrogens with zero attached hydrogens (tertiary/aromatic N) is 2. The van der Waals surface area contributed by atoms with Gasteiger partial charge in [-0.05, 0) is 44.5 Å². The molecule has 0 bridgehead atoms. The number of carbonyl (C=O) groups excluding carboxylic acids is 3. The lowest BCUT2D eigenvalue weighted by Gasteiger charge is -2.50. The van der Waals surface area contributed by atoms with Gasteiger partial charge in [0.1, 0.15) is 23.2 Å². The Balaban J connectivity index is 2.03. The van der Waals surface area contributed by atoms with Crippen LogP contribution in [0.1, 0.15) is 22.3 Å². The summed E-state index contributed by atoms with van der Waals surface area (Å²) in [6, 6.07) is 5.28. The van der Waals surface area contributed by atoms with Crippen LogP contribution in [-0.4, -0.2) is 70.8 Å². The standard InChI is InChI=1S/C23H22N2O8/c1-25(2)17-13-8-11-7-10-5-4-6-14(26)15(10)19(28)16(11)21(30)23(13,33-22(31)32-3)20(29)12(9-24)18(17)27/h4-6,11,13,17,26-27,30H,7-8H2,1-3H3/t11-,13-,17-,23+/m0/s1. The molecule has 10 nitrogen and oxygen atoms in total. The summed E-state index contributed by atoms with van der Waals surface area (Å²) >= 11 is 0. The molecule has 0 amide bonds. The van der Waals surface area contributed by atoms with Crippen LogP contribution in [0.3, 0.4) is 0 Å². The number of benzene rings is 1. The Morgan fingerprint density at radius 1 is 1.24 bits per heavy atom. The van der Waals surface area contributed by atoms with Gasteiger partial charge in [-0.1, -0.05) is 12.1 Å². The number of phenols is 1. The van der Waals surface area contributed by atoms with E-state index in [0.29, 0.717) is 5.56 Å². The monoisotopic (exact) mass is 454 g/mol. The largest absolute Gasteiger partial charge is 0.509 e. The second-order valence-corrected chi connectivity index (χ2v) is 8.55. The Bertz CT molecular complexity index is 1190. The highest BCUT2D eigenvalue weighted by Gasteiger charge is 2.66. The van der Waals surface area contributed by atoms with Gasteiger partial charge >= 0.3 is 6.16 Å². The van der Waals surface area contributed by atoms with Gasteiger partial charge in [-0.2, -0.15) is 5.26 Å². The van der Waals surface area contributed by atoms with Gasteiger partial charge in [0.25, 0.3) is 0 Å². The van der Waals surface area contributed by atoms with Gasteiger partial charge < -0.3 is 24.8 Å². The van der Waals surface area contributed by atoms with Crippen LogP contribution in [0.2, 0.25) is 0 Å². The zero-order valence-corrected chi connectivity index (χ0v) is 18.2. The van der Waals surface area contributed by atoms with Crippen molar-refractivity contribution in [3.05, 3.63) is 52.0 Å². The van der Waals surface area contributed by atoms with E-state index in [-0.39, 0.29) is 29.7 Å². The molecule has 3 aliphatic carbocycles. The van der Waals surface area contributed by atoms with Crippen molar-refractivity contribution in [3.8, 4) is 11.8 Å². The van der Waals surface area contributed by atoms with Crippen LogP contribution in [0, 0.1) is 23.2 Å². The highest BCUT2D eigenvalue weighted by Crippen LogP contribution is 2.53. The van der Waals surface area contributed by atoms with E-state index < -0.39 is 58.3 Å². The van der Waals surface area contributed by atoms with Crippen molar-refractivity contribution < 1.29 is 39.2 Å². The number of hydrogen-bond acceptors (Lipinski definition) is 10.